The summed E-state index contributed by atoms with van der Waals surface area (Å²) < 4.78 is 0. The average molecular weight is 165 g/mol. The first-order valence-electron chi connectivity index (χ1n) is 4.69. The van der Waals surface area contributed by atoms with Crippen LogP contribution in [0.5, 0.6) is 0 Å². The van der Waals surface area contributed by atoms with E-state index >= 15 is 0 Å². The Balaban J connectivity index is 2.52. The largest absolute Gasteiger partial charge is 0.396 e. The summed E-state index contributed by atoms with van der Waals surface area (Å²) in [4.78, 5) is 0. The van der Waals surface area contributed by atoms with Crippen LogP contribution >= 0.6 is 0 Å². The summed E-state index contributed by atoms with van der Waals surface area (Å²) >= 11 is 0. The maximum absolute atomic E-state index is 8.84. The molecular formula is C11H17O. The van der Waals surface area contributed by atoms with Crippen molar-refractivity contribution >= 4 is 0 Å². The van der Waals surface area contributed by atoms with Crippen LogP contribution in [-0.2, 0) is 0 Å². The minimum atomic E-state index is 0.295. The monoisotopic (exact) mass is 165 g/mol. The second kappa shape index (κ2) is 5.15. The molecule has 0 aliphatic heterocycles. The van der Waals surface area contributed by atoms with Gasteiger partial charge in [0.2, 0.25) is 0 Å². The number of allylic oxidation sites excluding steroid dienone is 4. The Morgan fingerprint density at radius 2 is 2.42 bits per heavy atom. The first kappa shape index (κ1) is 9.53. The highest BCUT2D eigenvalue weighted by Gasteiger charge is 2.10. The third-order valence-electron chi connectivity index (χ3n) is 2.33. The summed E-state index contributed by atoms with van der Waals surface area (Å²) in [6.45, 7) is 2.47. The van der Waals surface area contributed by atoms with Crippen molar-refractivity contribution in [2.45, 2.75) is 26.2 Å². The Morgan fingerprint density at radius 3 is 2.92 bits per heavy atom. The lowest BCUT2D eigenvalue weighted by atomic mass is 9.90. The van der Waals surface area contributed by atoms with Gasteiger partial charge in [-0.25, -0.2) is 0 Å². The smallest absolute Gasteiger partial charge is 0.0436 e. The van der Waals surface area contributed by atoms with Gasteiger partial charge in [0.15, 0.2) is 0 Å². The van der Waals surface area contributed by atoms with Crippen LogP contribution in [0.25, 0.3) is 0 Å². The van der Waals surface area contributed by atoms with E-state index in [1.54, 1.807) is 0 Å². The van der Waals surface area contributed by atoms with Gasteiger partial charge in [-0.05, 0) is 37.2 Å². The SMILES string of the molecule is CCC(CCO)C1=C[CH]CC=C1. The van der Waals surface area contributed by atoms with E-state index in [2.05, 4.69) is 31.6 Å². The van der Waals surface area contributed by atoms with Gasteiger partial charge in [0, 0.05) is 6.61 Å². The molecule has 0 saturated heterocycles. The maximum Gasteiger partial charge on any atom is 0.0436 e. The van der Waals surface area contributed by atoms with Crippen molar-refractivity contribution in [3.63, 3.8) is 0 Å². The van der Waals surface area contributed by atoms with Gasteiger partial charge in [-0.2, -0.15) is 0 Å². The minimum absolute atomic E-state index is 0.295. The average Bonchev–Trinajstić information content (AvgIpc) is 2.15. The molecule has 0 amide bonds. The van der Waals surface area contributed by atoms with Crippen molar-refractivity contribution in [1.82, 2.24) is 0 Å². The van der Waals surface area contributed by atoms with Crippen LogP contribution in [0.3, 0.4) is 0 Å². The third kappa shape index (κ3) is 2.49. The molecule has 0 aromatic rings. The molecule has 0 heterocycles. The van der Waals surface area contributed by atoms with Crippen molar-refractivity contribution in [2.75, 3.05) is 6.61 Å². The van der Waals surface area contributed by atoms with E-state index in [1.807, 2.05) is 0 Å². The highest BCUT2D eigenvalue weighted by atomic mass is 16.3. The first-order chi connectivity index (χ1) is 5.88. The molecule has 67 valence electrons. The molecule has 1 rings (SSSR count). The Kier molecular flexibility index (Phi) is 4.09. The van der Waals surface area contributed by atoms with E-state index in [1.165, 1.54) is 5.57 Å². The summed E-state index contributed by atoms with van der Waals surface area (Å²) in [5.74, 6) is 0.544. The molecule has 1 N–H and O–H groups in total. The summed E-state index contributed by atoms with van der Waals surface area (Å²) in [5, 5.41) is 8.84. The van der Waals surface area contributed by atoms with E-state index in [9.17, 15) is 0 Å². The Morgan fingerprint density at radius 1 is 1.58 bits per heavy atom. The zero-order chi connectivity index (χ0) is 8.81. The van der Waals surface area contributed by atoms with Crippen molar-refractivity contribution in [3.05, 3.63) is 30.2 Å². The molecule has 0 saturated carbocycles. The fourth-order valence-electron chi connectivity index (χ4n) is 1.58. The lowest BCUT2D eigenvalue weighted by Gasteiger charge is -2.16. The number of aliphatic hydroxyl groups is 1. The predicted octanol–water partition coefficient (Wildman–Crippen LogP) is 2.49. The molecule has 1 aliphatic carbocycles. The fraction of sp³-hybridized carbons (Fsp3) is 0.545. The summed E-state index contributed by atoms with van der Waals surface area (Å²) in [7, 11) is 0. The van der Waals surface area contributed by atoms with E-state index < -0.39 is 0 Å². The van der Waals surface area contributed by atoms with E-state index in [0.29, 0.717) is 12.5 Å². The quantitative estimate of drug-likeness (QED) is 0.678. The molecule has 12 heavy (non-hydrogen) atoms. The standard InChI is InChI=1S/C11H17O/c1-2-10(8-9-12)11-6-4-3-5-7-11/h4-7,10,12H,2-3,8-9H2,1H3. The van der Waals surface area contributed by atoms with Crippen molar-refractivity contribution < 1.29 is 5.11 Å². The second-order valence-corrected chi connectivity index (χ2v) is 3.16. The minimum Gasteiger partial charge on any atom is -0.396 e. The van der Waals surface area contributed by atoms with Gasteiger partial charge in [-0.1, -0.05) is 25.2 Å². The van der Waals surface area contributed by atoms with Crippen LogP contribution in [0.1, 0.15) is 26.2 Å². The molecule has 1 unspecified atom stereocenters. The Labute approximate surface area is 74.8 Å². The summed E-state index contributed by atoms with van der Waals surface area (Å²) in [5.41, 5.74) is 1.37. The number of hydrogen-bond acceptors (Lipinski definition) is 1. The fourth-order valence-corrected chi connectivity index (χ4v) is 1.58. The molecule has 1 radical (unpaired) electrons. The van der Waals surface area contributed by atoms with Gasteiger partial charge in [0.1, 0.15) is 0 Å². The van der Waals surface area contributed by atoms with Gasteiger partial charge in [-0.15, -0.1) is 0 Å². The lowest BCUT2D eigenvalue weighted by molar-refractivity contribution is 0.266. The topological polar surface area (TPSA) is 20.2 Å². The summed E-state index contributed by atoms with van der Waals surface area (Å²) in [6.07, 6.45) is 11.8. The van der Waals surface area contributed by atoms with Crippen molar-refractivity contribution in [3.8, 4) is 0 Å². The van der Waals surface area contributed by atoms with Crippen molar-refractivity contribution in [1.29, 1.82) is 0 Å². The number of aliphatic hydroxyl groups excluding tert-OH is 1. The van der Waals surface area contributed by atoms with Crippen LogP contribution in [0, 0.1) is 12.3 Å². The van der Waals surface area contributed by atoms with Gasteiger partial charge in [0.05, 0.1) is 0 Å². The van der Waals surface area contributed by atoms with Gasteiger partial charge < -0.3 is 5.11 Å². The highest BCUT2D eigenvalue weighted by Crippen LogP contribution is 2.23. The van der Waals surface area contributed by atoms with Gasteiger partial charge in [0.25, 0.3) is 0 Å². The highest BCUT2D eigenvalue weighted by molar-refractivity contribution is 5.29. The first-order valence-corrected chi connectivity index (χ1v) is 4.69. The van der Waals surface area contributed by atoms with E-state index in [4.69, 9.17) is 5.11 Å². The molecule has 1 heteroatoms. The van der Waals surface area contributed by atoms with Gasteiger partial charge >= 0.3 is 0 Å². The van der Waals surface area contributed by atoms with E-state index in [0.717, 1.165) is 19.3 Å². The molecule has 0 bridgehead atoms. The van der Waals surface area contributed by atoms with E-state index in [-0.39, 0.29) is 0 Å². The second-order valence-electron chi connectivity index (χ2n) is 3.16. The Bertz CT molecular complexity index is 179. The number of rotatable bonds is 4. The van der Waals surface area contributed by atoms with Gasteiger partial charge in [-0.3, -0.25) is 0 Å². The maximum atomic E-state index is 8.84. The molecule has 1 atom stereocenters. The third-order valence-corrected chi connectivity index (χ3v) is 2.33. The number of hydrogen-bond donors (Lipinski definition) is 1. The molecule has 1 nitrogen and oxygen atoms in total. The predicted molar refractivity (Wildman–Crippen MR) is 51.6 cm³/mol. The normalized spacial score (nSPS) is 19.0. The molecule has 0 aromatic carbocycles. The molecule has 0 spiro atoms. The van der Waals surface area contributed by atoms with Crippen molar-refractivity contribution in [2.24, 2.45) is 5.92 Å². The zero-order valence-corrected chi connectivity index (χ0v) is 7.66. The molecule has 0 aromatic heterocycles. The van der Waals surface area contributed by atoms with Crippen LogP contribution in [0.4, 0.5) is 0 Å². The summed E-state index contributed by atoms with van der Waals surface area (Å²) in [6, 6.07) is 0. The van der Waals surface area contributed by atoms with Crippen LogP contribution in [-0.4, -0.2) is 11.7 Å². The Hall–Kier alpha value is -0.560. The van der Waals surface area contributed by atoms with Crippen LogP contribution in [0.2, 0.25) is 0 Å². The van der Waals surface area contributed by atoms with Crippen LogP contribution < -0.4 is 0 Å². The molecule has 0 fully saturated rings. The van der Waals surface area contributed by atoms with Crippen LogP contribution in [0.15, 0.2) is 23.8 Å². The molecular weight excluding hydrogens is 148 g/mol. The lowest BCUT2D eigenvalue weighted by Crippen LogP contribution is -2.05. The zero-order valence-electron chi connectivity index (χ0n) is 7.66. The molecule has 1 aliphatic rings.